The third kappa shape index (κ3) is 5.35. The van der Waals surface area contributed by atoms with Crippen molar-refractivity contribution >= 4 is 28.9 Å². The van der Waals surface area contributed by atoms with E-state index in [0.717, 1.165) is 48.5 Å². The maximum absolute atomic E-state index is 15.0. The van der Waals surface area contributed by atoms with Crippen molar-refractivity contribution in [2.45, 2.75) is 34.8 Å². The zero-order valence-electron chi connectivity index (χ0n) is 27.3. The second-order valence-corrected chi connectivity index (χ2v) is 12.3. The van der Waals surface area contributed by atoms with E-state index in [9.17, 15) is 49.5 Å². The first-order valence-corrected chi connectivity index (χ1v) is 16.1. The molecule has 5 aromatic rings. The summed E-state index contributed by atoms with van der Waals surface area (Å²) >= 11 is 0. The molecule has 6 atom stereocenters. The Hall–Kier alpha value is -5.79. The molecule has 0 amide bonds. The molecule has 6 rings (SSSR count). The first-order chi connectivity index (χ1) is 24.8. The van der Waals surface area contributed by atoms with Crippen molar-refractivity contribution in [1.82, 2.24) is 0 Å². The standard InChI is InChI=1S/C41H32O11/c42-31(26-16-6-1-7-17-26)32(43)37-38(48,33(44)27-18-8-2-9-19-27)39(49,34(45)28-20-10-3-11-21-28)40(50,35(46)29-22-12-4-13-23-29)41(51,52-37)36(47)30-24-14-5-15-25-30/h1-25,32,37,43,48-51H/t32?,37-,38-,39+,40+,41+/m1/s1. The number of ketones is 5. The highest BCUT2D eigenvalue weighted by Crippen LogP contribution is 2.54. The Morgan fingerprint density at radius 3 is 1.13 bits per heavy atom. The lowest BCUT2D eigenvalue weighted by molar-refractivity contribution is -0.381. The van der Waals surface area contributed by atoms with Gasteiger partial charge in [0.2, 0.25) is 34.3 Å². The summed E-state index contributed by atoms with van der Waals surface area (Å²) in [4.78, 5) is 73.0. The van der Waals surface area contributed by atoms with E-state index in [1.807, 2.05) is 0 Å². The highest BCUT2D eigenvalue weighted by molar-refractivity contribution is 6.22. The molecule has 52 heavy (non-hydrogen) atoms. The highest BCUT2D eigenvalue weighted by Gasteiger charge is 2.87. The first-order valence-electron chi connectivity index (χ1n) is 16.1. The minimum absolute atomic E-state index is 0.204. The lowest BCUT2D eigenvalue weighted by atomic mass is 9.54. The molecular formula is C41H32O11. The summed E-state index contributed by atoms with van der Waals surface area (Å²) in [6, 6.07) is 32.8. The monoisotopic (exact) mass is 700 g/mol. The quantitative estimate of drug-likeness (QED) is 0.127. The molecule has 1 aliphatic rings. The Labute approximate surface area is 297 Å². The number of aliphatic hydroxyl groups is 5. The average Bonchev–Trinajstić information content (AvgIpc) is 3.21. The SMILES string of the molecule is O=C(c1ccccc1)C(O)[C@H]1O[C@@](O)(C(=O)c2ccccc2)[C@](O)(C(=O)c2ccccc2)[C@](O)(C(=O)c2ccccc2)[C@@]1(O)C(=O)c1ccccc1. The van der Waals surface area contributed by atoms with Crippen molar-refractivity contribution in [1.29, 1.82) is 0 Å². The molecule has 0 radical (unpaired) electrons. The van der Waals surface area contributed by atoms with Gasteiger partial charge in [0.25, 0.3) is 5.79 Å². The van der Waals surface area contributed by atoms with Crippen LogP contribution in [0.3, 0.4) is 0 Å². The van der Waals surface area contributed by atoms with E-state index in [1.165, 1.54) is 97.1 Å². The van der Waals surface area contributed by atoms with Crippen LogP contribution in [0.1, 0.15) is 51.8 Å². The molecule has 0 aromatic heterocycles. The smallest absolute Gasteiger partial charge is 0.273 e. The van der Waals surface area contributed by atoms with Crippen molar-refractivity contribution in [2.24, 2.45) is 0 Å². The maximum Gasteiger partial charge on any atom is 0.273 e. The van der Waals surface area contributed by atoms with Gasteiger partial charge < -0.3 is 30.3 Å². The van der Waals surface area contributed by atoms with E-state index in [4.69, 9.17) is 4.74 Å². The lowest BCUT2D eigenvalue weighted by Crippen LogP contribution is -2.92. The zero-order chi connectivity index (χ0) is 37.3. The van der Waals surface area contributed by atoms with Gasteiger partial charge in [-0.3, -0.25) is 24.0 Å². The van der Waals surface area contributed by atoms with Crippen molar-refractivity contribution in [3.63, 3.8) is 0 Å². The van der Waals surface area contributed by atoms with Crippen LogP contribution in [0.25, 0.3) is 0 Å². The number of benzene rings is 5. The van der Waals surface area contributed by atoms with Gasteiger partial charge in [-0.2, -0.15) is 0 Å². The van der Waals surface area contributed by atoms with Gasteiger partial charge in [-0.25, -0.2) is 0 Å². The molecule has 1 heterocycles. The predicted molar refractivity (Wildman–Crippen MR) is 185 cm³/mol. The minimum atomic E-state index is -4.30. The van der Waals surface area contributed by atoms with Gasteiger partial charge in [0, 0.05) is 27.8 Å². The fraction of sp³-hybridized carbons (Fsp3) is 0.146. The van der Waals surface area contributed by atoms with Gasteiger partial charge in [-0.05, 0) is 0 Å². The van der Waals surface area contributed by atoms with Crippen LogP contribution in [0.5, 0.6) is 0 Å². The molecule has 0 bridgehead atoms. The second-order valence-electron chi connectivity index (χ2n) is 12.3. The molecular weight excluding hydrogens is 668 g/mol. The van der Waals surface area contributed by atoms with Crippen LogP contribution < -0.4 is 0 Å². The summed E-state index contributed by atoms with van der Waals surface area (Å²) in [5.41, 5.74) is -14.7. The number of hydrogen-bond donors (Lipinski definition) is 5. The third-order valence-corrected chi connectivity index (χ3v) is 9.34. The summed E-state index contributed by atoms with van der Waals surface area (Å²) < 4.78 is 5.77. The molecule has 1 saturated heterocycles. The number of Topliss-reactive ketones (excluding diaryl/α,β-unsaturated/α-hetero) is 5. The summed E-state index contributed by atoms with van der Waals surface area (Å²) in [5, 5.41) is 63.6. The van der Waals surface area contributed by atoms with E-state index >= 15 is 0 Å². The number of ether oxygens (including phenoxy) is 1. The van der Waals surface area contributed by atoms with Gasteiger partial charge in [0.1, 0.15) is 12.2 Å². The minimum Gasteiger partial charge on any atom is -0.382 e. The van der Waals surface area contributed by atoms with E-state index in [1.54, 1.807) is 6.07 Å². The molecule has 5 aromatic carbocycles. The van der Waals surface area contributed by atoms with E-state index in [0.29, 0.717) is 0 Å². The largest absolute Gasteiger partial charge is 0.382 e. The Kier molecular flexibility index (Phi) is 9.51. The van der Waals surface area contributed by atoms with Gasteiger partial charge >= 0.3 is 0 Å². The van der Waals surface area contributed by atoms with E-state index in [2.05, 4.69) is 0 Å². The molecule has 1 fully saturated rings. The number of carbonyl (C=O) groups is 5. The van der Waals surface area contributed by atoms with Crippen LogP contribution in [0.4, 0.5) is 0 Å². The summed E-state index contributed by atoms with van der Waals surface area (Å²) in [7, 11) is 0. The predicted octanol–water partition coefficient (Wildman–Crippen LogP) is 3.04. The van der Waals surface area contributed by atoms with Gasteiger partial charge in [0.05, 0.1) is 0 Å². The fourth-order valence-electron chi connectivity index (χ4n) is 6.64. The Morgan fingerprint density at radius 1 is 0.442 bits per heavy atom. The maximum atomic E-state index is 15.0. The van der Waals surface area contributed by atoms with E-state index < -0.39 is 86.0 Å². The van der Waals surface area contributed by atoms with Gasteiger partial charge in [0.15, 0.2) is 11.4 Å². The number of hydrogen-bond acceptors (Lipinski definition) is 11. The molecule has 0 aliphatic carbocycles. The first kappa shape index (κ1) is 36.0. The third-order valence-electron chi connectivity index (χ3n) is 9.34. The van der Waals surface area contributed by atoms with Crippen molar-refractivity contribution < 1.29 is 54.2 Å². The van der Waals surface area contributed by atoms with Crippen LogP contribution >= 0.6 is 0 Å². The lowest BCUT2D eigenvalue weighted by Gasteiger charge is -2.61. The molecule has 11 nitrogen and oxygen atoms in total. The van der Waals surface area contributed by atoms with Crippen LogP contribution in [-0.4, -0.2) is 89.2 Å². The molecule has 0 saturated carbocycles. The fourth-order valence-corrected chi connectivity index (χ4v) is 6.64. The van der Waals surface area contributed by atoms with Crippen LogP contribution in [0.15, 0.2) is 152 Å². The highest BCUT2D eigenvalue weighted by atomic mass is 16.7. The molecule has 5 N–H and O–H groups in total. The summed E-state index contributed by atoms with van der Waals surface area (Å²) in [6.45, 7) is 0. The number of rotatable bonds is 11. The van der Waals surface area contributed by atoms with Crippen molar-refractivity contribution in [3.05, 3.63) is 179 Å². The van der Waals surface area contributed by atoms with Gasteiger partial charge in [-0.15, -0.1) is 0 Å². The molecule has 0 spiro atoms. The average molecular weight is 701 g/mol. The number of aliphatic hydroxyl groups excluding tert-OH is 1. The Bertz CT molecular complexity index is 2130. The second kappa shape index (κ2) is 13.7. The normalized spacial score (nSPS) is 26.1. The zero-order valence-corrected chi connectivity index (χ0v) is 27.3. The Morgan fingerprint density at radius 2 is 0.750 bits per heavy atom. The molecule has 1 aliphatic heterocycles. The molecule has 11 heteroatoms. The van der Waals surface area contributed by atoms with Gasteiger partial charge in [-0.1, -0.05) is 152 Å². The summed E-state index contributed by atoms with van der Waals surface area (Å²) in [6.07, 6.45) is -5.64. The van der Waals surface area contributed by atoms with E-state index in [-0.39, 0.29) is 5.56 Å². The number of carbonyl (C=O) groups excluding carboxylic acids is 5. The molecule has 1 unspecified atom stereocenters. The van der Waals surface area contributed by atoms with Crippen molar-refractivity contribution in [2.75, 3.05) is 0 Å². The summed E-state index contributed by atoms with van der Waals surface area (Å²) in [5.74, 6) is -12.0. The van der Waals surface area contributed by atoms with Crippen LogP contribution in [-0.2, 0) is 4.74 Å². The Balaban J connectivity index is 1.75. The van der Waals surface area contributed by atoms with Crippen molar-refractivity contribution in [3.8, 4) is 0 Å². The van der Waals surface area contributed by atoms with Crippen LogP contribution in [0.2, 0.25) is 0 Å². The van der Waals surface area contributed by atoms with Crippen LogP contribution in [0, 0.1) is 0 Å². The molecule has 262 valence electrons. The topological polar surface area (TPSA) is 196 Å².